The molecule has 2 aromatic rings. The van der Waals surface area contributed by atoms with Gasteiger partial charge in [-0.3, -0.25) is 4.79 Å². The summed E-state index contributed by atoms with van der Waals surface area (Å²) in [5, 5.41) is 3.49. The summed E-state index contributed by atoms with van der Waals surface area (Å²) in [5.41, 5.74) is 0.863. The van der Waals surface area contributed by atoms with Gasteiger partial charge < -0.3 is 14.8 Å². The van der Waals surface area contributed by atoms with Gasteiger partial charge in [0, 0.05) is 19.0 Å². The van der Waals surface area contributed by atoms with Gasteiger partial charge in [0.05, 0.1) is 29.5 Å². The molecule has 0 bridgehead atoms. The number of carbonyl (C=O) groups is 1. The van der Waals surface area contributed by atoms with Crippen molar-refractivity contribution in [1.29, 1.82) is 0 Å². The monoisotopic (exact) mass is 366 g/mol. The molecule has 0 radical (unpaired) electrons. The van der Waals surface area contributed by atoms with E-state index in [4.69, 9.17) is 32.7 Å². The first-order valence-electron chi connectivity index (χ1n) is 7.59. The molecule has 5 nitrogen and oxygen atoms in total. The average Bonchev–Trinajstić information content (AvgIpc) is 2.59. The van der Waals surface area contributed by atoms with Crippen molar-refractivity contribution in [1.82, 2.24) is 4.98 Å². The molecule has 1 N–H and O–H groups in total. The lowest BCUT2D eigenvalue weighted by molar-refractivity contribution is 0.0238. The van der Waals surface area contributed by atoms with Gasteiger partial charge in [0.25, 0.3) is 5.91 Å². The molecular weight excluding hydrogens is 351 g/mol. The molecule has 3 rings (SSSR count). The van der Waals surface area contributed by atoms with Crippen LogP contribution in [0.2, 0.25) is 10.0 Å². The number of carbonyl (C=O) groups excluding carboxylic acids is 1. The molecule has 1 aromatic heterocycles. The Hall–Kier alpha value is -1.82. The lowest BCUT2D eigenvalue weighted by Crippen LogP contribution is -2.26. The van der Waals surface area contributed by atoms with Gasteiger partial charge in [-0.1, -0.05) is 35.3 Å². The Labute approximate surface area is 149 Å². The Morgan fingerprint density at radius 3 is 2.67 bits per heavy atom. The van der Waals surface area contributed by atoms with E-state index in [9.17, 15) is 4.79 Å². The number of halogens is 2. The summed E-state index contributed by atoms with van der Waals surface area (Å²) in [6, 6.07) is 8.54. The molecule has 0 unspecified atom stereocenters. The van der Waals surface area contributed by atoms with Crippen molar-refractivity contribution in [2.75, 3.05) is 18.5 Å². The molecule has 2 heterocycles. The molecule has 0 aliphatic carbocycles. The quantitative estimate of drug-likeness (QED) is 0.880. The van der Waals surface area contributed by atoms with E-state index in [0.29, 0.717) is 40.4 Å². The van der Waals surface area contributed by atoms with Crippen LogP contribution >= 0.6 is 23.2 Å². The standard InChI is InChI=1S/C17H16Cl2N2O3/c18-13-3-1-2-4-15(13)21-16(22)11-9-14(19)17(20-10-11)24-12-5-7-23-8-6-12/h1-4,9-10,12H,5-8H2,(H,21,22). The number of anilines is 1. The third-order valence-electron chi connectivity index (χ3n) is 3.64. The first kappa shape index (κ1) is 17.0. The molecule has 7 heteroatoms. The van der Waals surface area contributed by atoms with E-state index in [1.807, 2.05) is 0 Å². The first-order chi connectivity index (χ1) is 11.6. The molecule has 1 aliphatic heterocycles. The minimum absolute atomic E-state index is 0.0338. The lowest BCUT2D eigenvalue weighted by Gasteiger charge is -2.23. The van der Waals surface area contributed by atoms with Crippen molar-refractivity contribution in [2.24, 2.45) is 0 Å². The smallest absolute Gasteiger partial charge is 0.257 e. The zero-order valence-corrected chi connectivity index (χ0v) is 14.3. The van der Waals surface area contributed by atoms with E-state index < -0.39 is 0 Å². The van der Waals surface area contributed by atoms with Gasteiger partial charge in [0.15, 0.2) is 0 Å². The molecule has 0 spiro atoms. The summed E-state index contributed by atoms with van der Waals surface area (Å²) >= 11 is 12.2. The molecule has 1 fully saturated rings. The van der Waals surface area contributed by atoms with Crippen LogP contribution in [0.15, 0.2) is 36.5 Å². The first-order valence-corrected chi connectivity index (χ1v) is 8.35. The van der Waals surface area contributed by atoms with Crippen LogP contribution in [0.1, 0.15) is 23.2 Å². The lowest BCUT2D eigenvalue weighted by atomic mass is 10.1. The molecule has 1 amide bonds. The molecule has 126 valence electrons. The molecule has 0 atom stereocenters. The van der Waals surface area contributed by atoms with Gasteiger partial charge in [0.2, 0.25) is 5.88 Å². The Morgan fingerprint density at radius 1 is 1.21 bits per heavy atom. The maximum absolute atomic E-state index is 12.3. The normalized spacial score (nSPS) is 15.1. The van der Waals surface area contributed by atoms with Gasteiger partial charge in [0.1, 0.15) is 11.1 Å². The number of amides is 1. The van der Waals surface area contributed by atoms with E-state index in [-0.39, 0.29) is 12.0 Å². The number of benzene rings is 1. The minimum atomic E-state index is -0.338. The number of para-hydroxylation sites is 1. The van der Waals surface area contributed by atoms with Crippen molar-refractivity contribution >= 4 is 34.8 Å². The fraction of sp³-hybridized carbons (Fsp3) is 0.294. The predicted molar refractivity (Wildman–Crippen MR) is 93.1 cm³/mol. The number of pyridine rings is 1. The second-order valence-corrected chi connectivity index (χ2v) is 6.19. The zero-order valence-electron chi connectivity index (χ0n) is 12.8. The number of nitrogens with zero attached hydrogens (tertiary/aromatic N) is 1. The Balaban J connectivity index is 1.69. The summed E-state index contributed by atoms with van der Waals surface area (Å²) in [6.45, 7) is 1.33. The van der Waals surface area contributed by atoms with E-state index >= 15 is 0 Å². The Bertz CT molecular complexity index is 734. The summed E-state index contributed by atoms with van der Waals surface area (Å²) in [6.07, 6.45) is 3.07. The molecule has 1 saturated heterocycles. The van der Waals surface area contributed by atoms with Crippen LogP contribution in [0, 0.1) is 0 Å². The van der Waals surface area contributed by atoms with E-state index in [2.05, 4.69) is 10.3 Å². The average molecular weight is 367 g/mol. The minimum Gasteiger partial charge on any atom is -0.473 e. The highest BCUT2D eigenvalue weighted by atomic mass is 35.5. The van der Waals surface area contributed by atoms with Crippen LogP contribution in [0.3, 0.4) is 0 Å². The maximum Gasteiger partial charge on any atom is 0.257 e. The fourth-order valence-electron chi connectivity index (χ4n) is 2.35. The van der Waals surface area contributed by atoms with Crippen molar-refractivity contribution in [3.63, 3.8) is 0 Å². The van der Waals surface area contributed by atoms with Crippen molar-refractivity contribution in [3.05, 3.63) is 52.1 Å². The zero-order chi connectivity index (χ0) is 16.9. The van der Waals surface area contributed by atoms with Crippen LogP contribution in [-0.2, 0) is 4.74 Å². The van der Waals surface area contributed by atoms with Gasteiger partial charge >= 0.3 is 0 Å². The fourth-order valence-corrected chi connectivity index (χ4v) is 2.74. The number of hydrogen-bond acceptors (Lipinski definition) is 4. The van der Waals surface area contributed by atoms with E-state index in [1.54, 1.807) is 24.3 Å². The molecular formula is C17H16Cl2N2O3. The highest BCUT2D eigenvalue weighted by Crippen LogP contribution is 2.26. The number of hydrogen-bond donors (Lipinski definition) is 1. The second kappa shape index (κ2) is 7.83. The van der Waals surface area contributed by atoms with Gasteiger partial charge in [-0.25, -0.2) is 4.98 Å². The highest BCUT2D eigenvalue weighted by Gasteiger charge is 2.18. The van der Waals surface area contributed by atoms with Crippen LogP contribution in [0.25, 0.3) is 0 Å². The Kier molecular flexibility index (Phi) is 5.56. The van der Waals surface area contributed by atoms with Crippen LogP contribution in [0.5, 0.6) is 5.88 Å². The van der Waals surface area contributed by atoms with Crippen LogP contribution < -0.4 is 10.1 Å². The number of rotatable bonds is 4. The third kappa shape index (κ3) is 4.17. The summed E-state index contributed by atoms with van der Waals surface area (Å²) < 4.78 is 11.1. The van der Waals surface area contributed by atoms with Gasteiger partial charge in [-0.15, -0.1) is 0 Å². The van der Waals surface area contributed by atoms with Gasteiger partial charge in [-0.2, -0.15) is 0 Å². The van der Waals surface area contributed by atoms with Gasteiger partial charge in [-0.05, 0) is 18.2 Å². The molecule has 1 aromatic carbocycles. The maximum atomic E-state index is 12.3. The summed E-state index contributed by atoms with van der Waals surface area (Å²) in [5.74, 6) is -0.00650. The topological polar surface area (TPSA) is 60.5 Å². The summed E-state index contributed by atoms with van der Waals surface area (Å²) in [4.78, 5) is 16.5. The number of aromatic nitrogens is 1. The van der Waals surface area contributed by atoms with Crippen LogP contribution in [0.4, 0.5) is 5.69 Å². The summed E-state index contributed by atoms with van der Waals surface area (Å²) in [7, 11) is 0. The second-order valence-electron chi connectivity index (χ2n) is 5.37. The van der Waals surface area contributed by atoms with E-state index in [0.717, 1.165) is 12.8 Å². The predicted octanol–water partition coefficient (Wildman–Crippen LogP) is 4.20. The number of ether oxygens (including phenoxy) is 2. The SMILES string of the molecule is O=C(Nc1ccccc1Cl)c1cnc(OC2CCOCC2)c(Cl)c1. The van der Waals surface area contributed by atoms with E-state index in [1.165, 1.54) is 12.3 Å². The van der Waals surface area contributed by atoms with Crippen molar-refractivity contribution < 1.29 is 14.3 Å². The van der Waals surface area contributed by atoms with Crippen LogP contribution in [-0.4, -0.2) is 30.2 Å². The molecule has 1 aliphatic rings. The third-order valence-corrected chi connectivity index (χ3v) is 4.24. The van der Waals surface area contributed by atoms with Crippen molar-refractivity contribution in [3.8, 4) is 5.88 Å². The van der Waals surface area contributed by atoms with Crippen molar-refractivity contribution in [2.45, 2.75) is 18.9 Å². The highest BCUT2D eigenvalue weighted by molar-refractivity contribution is 6.34. The largest absolute Gasteiger partial charge is 0.473 e. The molecule has 0 saturated carbocycles. The number of nitrogens with one attached hydrogen (secondary N) is 1. The molecule has 24 heavy (non-hydrogen) atoms. The Morgan fingerprint density at radius 2 is 1.96 bits per heavy atom.